The number of rotatable bonds is 3. The molecule has 0 aliphatic rings. The topological polar surface area (TPSA) is 34.9 Å². The fraction of sp³-hybridized carbons (Fsp3) is 0.167. The summed E-state index contributed by atoms with van der Waals surface area (Å²) >= 11 is 11.5. The van der Waals surface area contributed by atoms with Crippen LogP contribution in [0.3, 0.4) is 0 Å². The molecule has 6 heteroatoms. The number of ketones is 1. The standard InChI is InChI=1S/C12H9Cl2FN2O/c1-17-12(9(14)6-16-17)10(18)5-7-3-2-4-8(13)11(7)15/h2-4,6H,5H2,1H3. The number of hydrogen-bond donors (Lipinski definition) is 0. The third-order valence-electron chi connectivity index (χ3n) is 2.54. The van der Waals surface area contributed by atoms with Gasteiger partial charge in [-0.1, -0.05) is 35.3 Å². The summed E-state index contributed by atoms with van der Waals surface area (Å²) in [7, 11) is 1.60. The Hall–Kier alpha value is -1.39. The number of hydrogen-bond acceptors (Lipinski definition) is 2. The molecule has 0 atom stereocenters. The molecule has 0 saturated carbocycles. The van der Waals surface area contributed by atoms with Gasteiger partial charge in [0.15, 0.2) is 5.78 Å². The van der Waals surface area contributed by atoms with E-state index in [0.717, 1.165) is 0 Å². The second-order valence-electron chi connectivity index (χ2n) is 3.78. The first-order chi connectivity index (χ1) is 8.50. The highest BCUT2D eigenvalue weighted by atomic mass is 35.5. The average Bonchev–Trinajstić information content (AvgIpc) is 2.65. The van der Waals surface area contributed by atoms with E-state index in [1.807, 2.05) is 0 Å². The molecule has 2 rings (SSSR count). The lowest BCUT2D eigenvalue weighted by molar-refractivity contribution is 0.0983. The Morgan fingerprint density at radius 3 is 2.72 bits per heavy atom. The van der Waals surface area contributed by atoms with E-state index in [2.05, 4.69) is 5.10 Å². The van der Waals surface area contributed by atoms with Gasteiger partial charge >= 0.3 is 0 Å². The maximum atomic E-state index is 13.7. The normalized spacial score (nSPS) is 10.7. The Bertz CT molecular complexity index is 591. The summed E-state index contributed by atoms with van der Waals surface area (Å²) in [5.41, 5.74) is 0.501. The maximum Gasteiger partial charge on any atom is 0.186 e. The van der Waals surface area contributed by atoms with Crippen LogP contribution in [0.25, 0.3) is 0 Å². The summed E-state index contributed by atoms with van der Waals surface area (Å²) in [5.74, 6) is -0.882. The number of aromatic nitrogens is 2. The van der Waals surface area contributed by atoms with Crippen molar-refractivity contribution < 1.29 is 9.18 Å². The minimum Gasteiger partial charge on any atom is -0.292 e. The highest BCUT2D eigenvalue weighted by Crippen LogP contribution is 2.21. The highest BCUT2D eigenvalue weighted by molar-refractivity contribution is 6.33. The summed E-state index contributed by atoms with van der Waals surface area (Å²) in [5, 5.41) is 4.11. The monoisotopic (exact) mass is 286 g/mol. The SMILES string of the molecule is Cn1ncc(Cl)c1C(=O)Cc1cccc(Cl)c1F. The average molecular weight is 287 g/mol. The number of carbonyl (C=O) groups excluding carboxylic acids is 1. The second kappa shape index (κ2) is 5.08. The first-order valence-corrected chi connectivity index (χ1v) is 5.90. The molecule has 18 heavy (non-hydrogen) atoms. The predicted octanol–water partition coefficient (Wildman–Crippen LogP) is 3.29. The quantitative estimate of drug-likeness (QED) is 0.812. The molecule has 0 unspecified atom stereocenters. The van der Waals surface area contributed by atoms with Crippen LogP contribution in [0.2, 0.25) is 10.0 Å². The number of Topliss-reactive ketones (excluding diaryl/α,β-unsaturated/α-hetero) is 1. The van der Waals surface area contributed by atoms with Crippen LogP contribution >= 0.6 is 23.2 Å². The lowest BCUT2D eigenvalue weighted by Gasteiger charge is -2.05. The molecule has 1 aromatic carbocycles. The smallest absolute Gasteiger partial charge is 0.186 e. The van der Waals surface area contributed by atoms with E-state index in [0.29, 0.717) is 0 Å². The number of nitrogens with zero attached hydrogens (tertiary/aromatic N) is 2. The van der Waals surface area contributed by atoms with Crippen LogP contribution in [0.1, 0.15) is 16.1 Å². The van der Waals surface area contributed by atoms with E-state index in [9.17, 15) is 9.18 Å². The minimum absolute atomic E-state index is 0.00333. The molecular formula is C12H9Cl2FN2O. The van der Waals surface area contributed by atoms with Gasteiger partial charge in [-0.05, 0) is 11.6 Å². The van der Waals surface area contributed by atoms with Crippen LogP contribution in [-0.4, -0.2) is 15.6 Å². The molecule has 0 spiro atoms. The van der Waals surface area contributed by atoms with Crippen LogP contribution < -0.4 is 0 Å². The zero-order valence-corrected chi connectivity index (χ0v) is 11.0. The summed E-state index contributed by atoms with van der Waals surface area (Å²) in [6, 6.07) is 4.55. The van der Waals surface area contributed by atoms with Gasteiger partial charge in [0, 0.05) is 13.5 Å². The molecule has 0 fully saturated rings. The largest absolute Gasteiger partial charge is 0.292 e. The van der Waals surface area contributed by atoms with Gasteiger partial charge in [0.1, 0.15) is 11.5 Å². The molecule has 0 bridgehead atoms. The Morgan fingerprint density at radius 2 is 2.11 bits per heavy atom. The van der Waals surface area contributed by atoms with E-state index in [4.69, 9.17) is 23.2 Å². The Balaban J connectivity index is 2.30. The fourth-order valence-electron chi connectivity index (χ4n) is 1.67. The molecule has 0 radical (unpaired) electrons. The zero-order valence-electron chi connectivity index (χ0n) is 9.45. The Kier molecular flexibility index (Phi) is 3.68. The molecule has 0 amide bonds. The molecular weight excluding hydrogens is 278 g/mol. The van der Waals surface area contributed by atoms with Crippen LogP contribution in [-0.2, 0) is 13.5 Å². The van der Waals surface area contributed by atoms with Crippen LogP contribution in [0.15, 0.2) is 24.4 Å². The Morgan fingerprint density at radius 1 is 1.39 bits per heavy atom. The molecule has 0 saturated heterocycles. The van der Waals surface area contributed by atoms with Gasteiger partial charge < -0.3 is 0 Å². The summed E-state index contributed by atoms with van der Waals surface area (Å²) < 4.78 is 15.0. The van der Waals surface area contributed by atoms with Crippen LogP contribution in [0, 0.1) is 5.82 Å². The highest BCUT2D eigenvalue weighted by Gasteiger charge is 2.18. The molecule has 1 aromatic heterocycles. The lowest BCUT2D eigenvalue weighted by Crippen LogP contribution is -2.11. The molecule has 94 valence electrons. The van der Waals surface area contributed by atoms with Gasteiger partial charge in [-0.15, -0.1) is 0 Å². The molecule has 0 N–H and O–H groups in total. The minimum atomic E-state index is -0.578. The Labute approximate surface area is 113 Å². The molecule has 2 aromatic rings. The fourth-order valence-corrected chi connectivity index (χ4v) is 2.13. The van der Waals surface area contributed by atoms with Gasteiger partial charge in [-0.2, -0.15) is 5.10 Å². The summed E-state index contributed by atoms with van der Waals surface area (Å²) in [6.07, 6.45) is 1.27. The number of benzene rings is 1. The maximum absolute atomic E-state index is 13.7. The zero-order chi connectivity index (χ0) is 13.3. The predicted molar refractivity (Wildman–Crippen MR) is 67.7 cm³/mol. The van der Waals surface area contributed by atoms with Crippen molar-refractivity contribution in [3.8, 4) is 0 Å². The van der Waals surface area contributed by atoms with E-state index in [1.165, 1.54) is 23.0 Å². The van der Waals surface area contributed by atoms with Gasteiger partial charge in [-0.3, -0.25) is 9.48 Å². The summed E-state index contributed by atoms with van der Waals surface area (Å²) in [4.78, 5) is 12.0. The van der Waals surface area contributed by atoms with Gasteiger partial charge in [0.25, 0.3) is 0 Å². The first kappa shape index (κ1) is 13.1. The van der Waals surface area contributed by atoms with Crippen molar-refractivity contribution in [1.82, 2.24) is 9.78 Å². The number of carbonyl (C=O) groups is 1. The van der Waals surface area contributed by atoms with E-state index in [-0.39, 0.29) is 33.5 Å². The van der Waals surface area contributed by atoms with Crippen molar-refractivity contribution in [1.29, 1.82) is 0 Å². The van der Waals surface area contributed by atoms with Gasteiger partial charge in [0.2, 0.25) is 0 Å². The van der Waals surface area contributed by atoms with E-state index < -0.39 is 5.82 Å². The third kappa shape index (κ3) is 2.40. The molecule has 0 aliphatic carbocycles. The summed E-state index contributed by atoms with van der Waals surface area (Å²) in [6.45, 7) is 0. The molecule has 1 heterocycles. The van der Waals surface area contributed by atoms with Crippen molar-refractivity contribution in [2.24, 2.45) is 7.05 Å². The lowest BCUT2D eigenvalue weighted by atomic mass is 10.1. The van der Waals surface area contributed by atoms with Gasteiger partial charge in [0.05, 0.1) is 16.2 Å². The number of halogens is 3. The molecule has 3 nitrogen and oxygen atoms in total. The second-order valence-corrected chi connectivity index (χ2v) is 4.59. The van der Waals surface area contributed by atoms with Crippen molar-refractivity contribution in [3.63, 3.8) is 0 Å². The van der Waals surface area contributed by atoms with Crippen molar-refractivity contribution in [3.05, 3.63) is 51.5 Å². The van der Waals surface area contributed by atoms with E-state index >= 15 is 0 Å². The van der Waals surface area contributed by atoms with Crippen LogP contribution in [0.4, 0.5) is 4.39 Å². The molecule has 0 aliphatic heterocycles. The van der Waals surface area contributed by atoms with Gasteiger partial charge in [-0.25, -0.2) is 4.39 Å². The third-order valence-corrected chi connectivity index (χ3v) is 3.11. The van der Waals surface area contributed by atoms with Crippen molar-refractivity contribution in [2.75, 3.05) is 0 Å². The van der Waals surface area contributed by atoms with E-state index in [1.54, 1.807) is 13.1 Å². The van der Waals surface area contributed by atoms with Crippen molar-refractivity contribution >= 4 is 29.0 Å². The van der Waals surface area contributed by atoms with Crippen LogP contribution in [0.5, 0.6) is 0 Å². The first-order valence-electron chi connectivity index (χ1n) is 5.14. The van der Waals surface area contributed by atoms with Crippen molar-refractivity contribution in [2.45, 2.75) is 6.42 Å². The number of aryl methyl sites for hydroxylation is 1.